The van der Waals surface area contributed by atoms with Crippen LogP contribution in [0.1, 0.15) is 66.0 Å². The van der Waals surface area contributed by atoms with Crippen LogP contribution in [0.2, 0.25) is 0 Å². The predicted octanol–water partition coefficient (Wildman–Crippen LogP) is 12.3. The van der Waals surface area contributed by atoms with Crippen molar-refractivity contribution in [3.8, 4) is 33.6 Å². The van der Waals surface area contributed by atoms with Crippen molar-refractivity contribution in [2.24, 2.45) is 0 Å². The highest BCUT2D eigenvalue weighted by atomic mass is 14.8. The van der Waals surface area contributed by atoms with Gasteiger partial charge in [0.05, 0.1) is 16.8 Å². The SMILES string of the molecule is C=C=c1cccc/c1=c1\cc2c(c\c1=C(\C)c1ccc(-c3ccc(-c4ccnc5c4CCc4cccnc4-5)cc3)cc1)C1=C(CCC=C1)C2(C1=CC=CCC1)c1ccccc1. The first-order valence-corrected chi connectivity index (χ1v) is 21.7. The van der Waals surface area contributed by atoms with Gasteiger partial charge in [0.1, 0.15) is 0 Å². The molecule has 11 rings (SSSR count). The van der Waals surface area contributed by atoms with Crippen molar-refractivity contribution in [3.05, 3.63) is 248 Å². The summed E-state index contributed by atoms with van der Waals surface area (Å²) in [6, 6.07) is 49.5. The van der Waals surface area contributed by atoms with Crippen LogP contribution in [0, 0.1) is 10.4 Å². The van der Waals surface area contributed by atoms with Gasteiger partial charge in [0.25, 0.3) is 0 Å². The minimum atomic E-state index is -0.327. The smallest absolute Gasteiger partial charge is 0.0927 e. The van der Waals surface area contributed by atoms with E-state index in [-0.39, 0.29) is 5.41 Å². The second kappa shape index (κ2) is 15.2. The third-order valence-corrected chi connectivity index (χ3v) is 13.7. The van der Waals surface area contributed by atoms with E-state index in [1.54, 1.807) is 0 Å². The molecule has 0 radical (unpaired) electrons. The van der Waals surface area contributed by atoms with Gasteiger partial charge in [0.15, 0.2) is 0 Å². The largest absolute Gasteiger partial charge is 0.254 e. The number of aromatic nitrogens is 2. The number of benzene rings is 5. The van der Waals surface area contributed by atoms with Gasteiger partial charge in [-0.3, -0.25) is 9.97 Å². The number of rotatable bonds is 5. The third kappa shape index (κ3) is 6.01. The van der Waals surface area contributed by atoms with Crippen molar-refractivity contribution in [3.63, 3.8) is 0 Å². The van der Waals surface area contributed by atoms with E-state index >= 15 is 0 Å². The summed E-state index contributed by atoms with van der Waals surface area (Å²) in [5.41, 5.74) is 23.4. The zero-order valence-electron chi connectivity index (χ0n) is 34.6. The van der Waals surface area contributed by atoms with Crippen LogP contribution in [0.15, 0.2) is 194 Å². The van der Waals surface area contributed by atoms with Crippen molar-refractivity contribution in [1.29, 1.82) is 0 Å². The molecule has 0 saturated carbocycles. The van der Waals surface area contributed by atoms with Crippen molar-refractivity contribution >= 4 is 16.9 Å². The van der Waals surface area contributed by atoms with Gasteiger partial charge in [-0.2, -0.15) is 0 Å². The highest BCUT2D eigenvalue weighted by molar-refractivity contribution is 5.91. The molecule has 5 aromatic carbocycles. The first-order chi connectivity index (χ1) is 30.1. The molecule has 2 aromatic heterocycles. The minimum Gasteiger partial charge on any atom is -0.254 e. The summed E-state index contributed by atoms with van der Waals surface area (Å²) in [5.74, 6) is 0. The van der Waals surface area contributed by atoms with Gasteiger partial charge in [0.2, 0.25) is 0 Å². The van der Waals surface area contributed by atoms with Crippen LogP contribution < -0.4 is 10.4 Å². The summed E-state index contributed by atoms with van der Waals surface area (Å²) in [5, 5.41) is 4.63. The van der Waals surface area contributed by atoms with E-state index in [0.717, 1.165) is 60.4 Å². The summed E-state index contributed by atoms with van der Waals surface area (Å²) < 4.78 is 0. The Labute approximate surface area is 358 Å². The van der Waals surface area contributed by atoms with E-state index in [4.69, 9.17) is 9.97 Å². The van der Waals surface area contributed by atoms with E-state index in [1.165, 1.54) is 88.4 Å². The summed E-state index contributed by atoms with van der Waals surface area (Å²) >= 11 is 0. The third-order valence-electron chi connectivity index (χ3n) is 13.7. The minimum absolute atomic E-state index is 0.327. The lowest BCUT2D eigenvalue weighted by atomic mass is 9.63. The Kier molecular flexibility index (Phi) is 9.18. The molecule has 0 amide bonds. The molecule has 2 heteroatoms. The number of aryl methyl sites for hydroxylation is 1. The number of pyridine rings is 2. The van der Waals surface area contributed by atoms with Gasteiger partial charge in [-0.25, -0.2) is 0 Å². The summed E-state index contributed by atoms with van der Waals surface area (Å²) in [4.78, 5) is 9.48. The van der Waals surface area contributed by atoms with Gasteiger partial charge in [0, 0.05) is 17.6 Å². The molecule has 0 saturated heterocycles. The average Bonchev–Trinajstić information content (AvgIpc) is 3.63. The normalized spacial score (nSPS) is 18.3. The maximum atomic E-state index is 4.78. The van der Waals surface area contributed by atoms with Crippen LogP contribution in [0.4, 0.5) is 0 Å². The quantitative estimate of drug-likeness (QED) is 0.174. The molecule has 0 aliphatic heterocycles. The molecule has 0 N–H and O–H groups in total. The van der Waals surface area contributed by atoms with Crippen LogP contribution in [0.3, 0.4) is 0 Å². The van der Waals surface area contributed by atoms with Gasteiger partial charge in [-0.1, -0.05) is 146 Å². The molecule has 0 spiro atoms. The molecule has 0 fully saturated rings. The zero-order valence-corrected chi connectivity index (χ0v) is 34.6. The van der Waals surface area contributed by atoms with Crippen LogP contribution >= 0.6 is 0 Å². The Balaban J connectivity index is 1.05. The van der Waals surface area contributed by atoms with Crippen molar-refractivity contribution < 1.29 is 0 Å². The highest BCUT2D eigenvalue weighted by Crippen LogP contribution is 2.58. The van der Waals surface area contributed by atoms with Crippen LogP contribution in [0.25, 0.3) is 50.5 Å². The Bertz CT molecular complexity index is 3280. The standard InChI is InChI=1S/C59H46N2/c1-3-40-15-10-11-21-48(40)53-38-56-54(50-22-12-13-23-55(50)59(56,46-17-6-4-7-18-46)47-19-8-5-9-20-47)37-52(53)39(2)41-24-26-42(27-25-41)43-28-30-44(31-29-43)49-34-36-61-58-51(49)33-32-45-16-14-35-60-57(45)58/h4-8,10-12,14-19,21-22,24-31,34-38H,1,9,13,20,23,32-33H2,2H3/b52-39+,53-48-. The van der Waals surface area contributed by atoms with Crippen LogP contribution in [-0.2, 0) is 18.3 Å². The molecule has 4 aliphatic carbocycles. The maximum absolute atomic E-state index is 4.78. The maximum Gasteiger partial charge on any atom is 0.0927 e. The number of allylic oxidation sites excluding steroid dienone is 8. The number of nitrogens with zero attached hydrogens (tertiary/aromatic N) is 2. The molecule has 7 aromatic rings. The molecule has 292 valence electrons. The Morgan fingerprint density at radius 1 is 0.639 bits per heavy atom. The summed E-state index contributed by atoms with van der Waals surface area (Å²) in [6.45, 7) is 6.44. The first kappa shape index (κ1) is 36.9. The van der Waals surface area contributed by atoms with E-state index < -0.39 is 0 Å². The molecule has 2 heterocycles. The molecule has 2 nitrogen and oxygen atoms in total. The van der Waals surface area contributed by atoms with Crippen molar-refractivity contribution in [2.45, 2.75) is 50.9 Å². The summed E-state index contributed by atoms with van der Waals surface area (Å²) in [6.07, 6.45) is 21.7. The van der Waals surface area contributed by atoms with Crippen molar-refractivity contribution in [1.82, 2.24) is 9.97 Å². The molecule has 4 aliphatic rings. The number of hydrogen-bond acceptors (Lipinski definition) is 2. The number of fused-ring (bicyclic) bond motifs is 5. The Hall–Kier alpha value is -7.12. The van der Waals surface area contributed by atoms with Crippen LogP contribution in [0.5, 0.6) is 0 Å². The molecule has 0 bridgehead atoms. The Morgan fingerprint density at radius 2 is 1.39 bits per heavy atom. The van der Waals surface area contributed by atoms with Gasteiger partial charge in [-0.15, -0.1) is 5.73 Å². The van der Waals surface area contributed by atoms with Crippen molar-refractivity contribution in [2.75, 3.05) is 0 Å². The average molecular weight is 783 g/mol. The lowest BCUT2D eigenvalue weighted by Crippen LogP contribution is -2.32. The van der Waals surface area contributed by atoms with E-state index in [0.29, 0.717) is 0 Å². The first-order valence-electron chi connectivity index (χ1n) is 21.7. The molecule has 1 unspecified atom stereocenters. The van der Waals surface area contributed by atoms with Gasteiger partial charge >= 0.3 is 0 Å². The topological polar surface area (TPSA) is 25.8 Å². The Morgan fingerprint density at radius 3 is 2.20 bits per heavy atom. The fourth-order valence-electron chi connectivity index (χ4n) is 10.7. The lowest BCUT2D eigenvalue weighted by Gasteiger charge is -2.39. The fourth-order valence-corrected chi connectivity index (χ4v) is 10.7. The fraction of sp³-hybridized carbons (Fsp3) is 0.136. The van der Waals surface area contributed by atoms with Gasteiger partial charge in [-0.05, 0) is 164 Å². The van der Waals surface area contributed by atoms with E-state index in [9.17, 15) is 0 Å². The number of hydrogen-bond donors (Lipinski definition) is 0. The second-order valence-corrected chi connectivity index (χ2v) is 16.8. The predicted molar refractivity (Wildman–Crippen MR) is 252 cm³/mol. The van der Waals surface area contributed by atoms with Gasteiger partial charge < -0.3 is 0 Å². The summed E-state index contributed by atoms with van der Waals surface area (Å²) in [7, 11) is 0. The van der Waals surface area contributed by atoms with E-state index in [2.05, 4.69) is 177 Å². The second-order valence-electron chi connectivity index (χ2n) is 16.8. The van der Waals surface area contributed by atoms with Crippen LogP contribution in [-0.4, -0.2) is 9.97 Å². The zero-order chi connectivity index (χ0) is 40.9. The molecular formula is C59H46N2. The molecule has 61 heavy (non-hydrogen) atoms. The molecule has 1 atom stereocenters. The van der Waals surface area contributed by atoms with E-state index in [1.807, 2.05) is 18.5 Å². The lowest BCUT2D eigenvalue weighted by molar-refractivity contribution is 0.644. The highest BCUT2D eigenvalue weighted by Gasteiger charge is 2.48. The monoisotopic (exact) mass is 782 g/mol. The molecular weight excluding hydrogens is 737 g/mol.